The molecule has 28 heavy (non-hydrogen) atoms. The van der Waals surface area contributed by atoms with Crippen LogP contribution in [-0.4, -0.2) is 28.3 Å². The Labute approximate surface area is 167 Å². The summed E-state index contributed by atoms with van der Waals surface area (Å²) in [5, 5.41) is 11.4. The number of fused-ring (bicyclic) bond motifs is 1. The molecule has 0 saturated carbocycles. The number of amides is 1. The normalized spacial score (nSPS) is 18.3. The van der Waals surface area contributed by atoms with E-state index in [-0.39, 0.29) is 12.0 Å². The molecule has 0 aliphatic carbocycles. The summed E-state index contributed by atoms with van der Waals surface area (Å²) in [5.41, 5.74) is 1.17. The minimum absolute atomic E-state index is 0.110. The first kappa shape index (κ1) is 19.1. The predicted molar refractivity (Wildman–Crippen MR) is 107 cm³/mol. The van der Waals surface area contributed by atoms with Crippen molar-refractivity contribution in [1.29, 1.82) is 0 Å². The summed E-state index contributed by atoms with van der Waals surface area (Å²) in [4.78, 5) is 18.6. The van der Waals surface area contributed by atoms with Gasteiger partial charge in [0.05, 0.1) is 29.4 Å². The van der Waals surface area contributed by atoms with Crippen LogP contribution in [0.1, 0.15) is 47.6 Å². The van der Waals surface area contributed by atoms with E-state index in [1.54, 1.807) is 38.3 Å². The van der Waals surface area contributed by atoms with E-state index in [9.17, 15) is 9.90 Å². The van der Waals surface area contributed by atoms with E-state index in [4.69, 9.17) is 9.15 Å². The Kier molecular flexibility index (Phi) is 4.99. The number of hydrogen-bond donors (Lipinski definition) is 1. The summed E-state index contributed by atoms with van der Waals surface area (Å²) < 4.78 is 13.1. The predicted octanol–water partition coefficient (Wildman–Crippen LogP) is 3.75. The van der Waals surface area contributed by atoms with Crippen LogP contribution >= 0.6 is 11.3 Å². The van der Waals surface area contributed by atoms with Crippen LogP contribution in [0.25, 0.3) is 11.0 Å². The largest absolute Gasteiger partial charge is 0.464 e. The summed E-state index contributed by atoms with van der Waals surface area (Å²) in [6.07, 6.45) is 3.75. The third kappa shape index (κ3) is 3.70. The number of hydrogen-bond acceptors (Lipinski definition) is 5. The van der Waals surface area contributed by atoms with Gasteiger partial charge in [0.25, 0.3) is 5.91 Å². The van der Waals surface area contributed by atoms with Crippen molar-refractivity contribution in [2.24, 2.45) is 4.99 Å². The summed E-state index contributed by atoms with van der Waals surface area (Å²) >= 11 is 1.36. The quantitative estimate of drug-likeness (QED) is 0.724. The molecule has 1 N–H and O–H groups in total. The van der Waals surface area contributed by atoms with Gasteiger partial charge in [-0.2, -0.15) is 4.99 Å². The van der Waals surface area contributed by atoms with Crippen LogP contribution in [0.4, 0.5) is 0 Å². The summed E-state index contributed by atoms with van der Waals surface area (Å²) in [5.74, 6) is -0.312. The zero-order chi connectivity index (χ0) is 19.9. The van der Waals surface area contributed by atoms with Gasteiger partial charge in [0.1, 0.15) is 5.58 Å². The van der Waals surface area contributed by atoms with Crippen LogP contribution in [0.2, 0.25) is 0 Å². The molecular weight excluding hydrogens is 376 g/mol. The van der Waals surface area contributed by atoms with E-state index < -0.39 is 5.60 Å². The highest BCUT2D eigenvalue weighted by Gasteiger charge is 2.26. The molecule has 4 rings (SSSR count). The lowest BCUT2D eigenvalue weighted by atomic mass is 10.1. The maximum atomic E-state index is 12.8. The Morgan fingerprint density at radius 3 is 2.93 bits per heavy atom. The number of aliphatic hydroxyl groups is 1. The lowest BCUT2D eigenvalue weighted by molar-refractivity contribution is 0.0796. The van der Waals surface area contributed by atoms with Gasteiger partial charge in [-0.05, 0) is 57.9 Å². The topological polar surface area (TPSA) is 77.0 Å². The van der Waals surface area contributed by atoms with Gasteiger partial charge in [-0.3, -0.25) is 4.79 Å². The van der Waals surface area contributed by atoms with Crippen LogP contribution in [-0.2, 0) is 16.9 Å². The number of ether oxygens (including phenoxy) is 1. The zero-order valence-corrected chi connectivity index (χ0v) is 17.1. The molecule has 148 valence electrons. The molecule has 1 amide bonds. The third-order valence-electron chi connectivity index (χ3n) is 5.02. The van der Waals surface area contributed by atoms with Crippen molar-refractivity contribution in [3.05, 3.63) is 51.5 Å². The van der Waals surface area contributed by atoms with Crippen molar-refractivity contribution >= 4 is 28.2 Å². The fourth-order valence-electron chi connectivity index (χ4n) is 3.60. The van der Waals surface area contributed by atoms with E-state index in [1.807, 2.05) is 17.6 Å². The molecule has 0 unspecified atom stereocenters. The first-order valence-electron chi connectivity index (χ1n) is 9.44. The SMILES string of the molecule is Cc1c(C(C)(C)O)sc(=NC(=O)c2ccc3occc3c2)n1C[C@H]1CCCO1. The molecule has 1 fully saturated rings. The second kappa shape index (κ2) is 7.31. The zero-order valence-electron chi connectivity index (χ0n) is 16.3. The molecule has 6 nitrogen and oxygen atoms in total. The smallest absolute Gasteiger partial charge is 0.279 e. The number of carbonyl (C=O) groups is 1. The van der Waals surface area contributed by atoms with Crippen LogP contribution in [0.15, 0.2) is 39.9 Å². The molecule has 1 aliphatic rings. The Morgan fingerprint density at radius 2 is 2.21 bits per heavy atom. The molecule has 0 spiro atoms. The maximum Gasteiger partial charge on any atom is 0.279 e. The van der Waals surface area contributed by atoms with Crippen molar-refractivity contribution in [3.63, 3.8) is 0 Å². The second-order valence-electron chi connectivity index (χ2n) is 7.69. The minimum atomic E-state index is -1.00. The van der Waals surface area contributed by atoms with Gasteiger partial charge in [0.2, 0.25) is 0 Å². The van der Waals surface area contributed by atoms with Gasteiger partial charge in [0, 0.05) is 23.3 Å². The van der Waals surface area contributed by atoms with E-state index in [1.165, 1.54) is 11.3 Å². The number of benzene rings is 1. The number of furan rings is 1. The Balaban J connectivity index is 1.76. The second-order valence-corrected chi connectivity index (χ2v) is 8.67. The van der Waals surface area contributed by atoms with Gasteiger partial charge in [-0.1, -0.05) is 11.3 Å². The minimum Gasteiger partial charge on any atom is -0.464 e. The maximum absolute atomic E-state index is 12.8. The van der Waals surface area contributed by atoms with E-state index >= 15 is 0 Å². The summed E-state index contributed by atoms with van der Waals surface area (Å²) in [6, 6.07) is 7.11. The molecule has 2 aromatic heterocycles. The highest BCUT2D eigenvalue weighted by molar-refractivity contribution is 7.09. The molecule has 1 aromatic carbocycles. The molecule has 1 saturated heterocycles. The molecule has 1 aliphatic heterocycles. The molecule has 7 heteroatoms. The van der Waals surface area contributed by atoms with Crippen LogP contribution in [0.3, 0.4) is 0 Å². The number of rotatable bonds is 4. The average molecular weight is 401 g/mol. The Morgan fingerprint density at radius 1 is 1.39 bits per heavy atom. The summed E-state index contributed by atoms with van der Waals surface area (Å²) in [7, 11) is 0. The fourth-order valence-corrected chi connectivity index (χ4v) is 4.74. The summed E-state index contributed by atoms with van der Waals surface area (Å²) in [6.45, 7) is 6.86. The van der Waals surface area contributed by atoms with Gasteiger partial charge in [-0.15, -0.1) is 0 Å². The number of thiazole rings is 1. The van der Waals surface area contributed by atoms with E-state index in [0.29, 0.717) is 16.9 Å². The van der Waals surface area contributed by atoms with Crippen molar-refractivity contribution in [3.8, 4) is 0 Å². The first-order valence-corrected chi connectivity index (χ1v) is 10.3. The first-order chi connectivity index (χ1) is 13.3. The van der Waals surface area contributed by atoms with Gasteiger partial charge >= 0.3 is 0 Å². The molecule has 0 bridgehead atoms. The monoisotopic (exact) mass is 400 g/mol. The van der Waals surface area contributed by atoms with Crippen molar-refractivity contribution in [2.75, 3.05) is 6.61 Å². The lowest BCUT2D eigenvalue weighted by Crippen LogP contribution is -2.25. The molecule has 1 atom stereocenters. The Bertz CT molecular complexity index is 1080. The molecule has 3 aromatic rings. The third-order valence-corrected chi connectivity index (χ3v) is 6.51. The molecule has 3 heterocycles. The fraction of sp³-hybridized carbons (Fsp3) is 0.429. The van der Waals surface area contributed by atoms with Gasteiger partial charge in [0.15, 0.2) is 4.80 Å². The number of carbonyl (C=O) groups excluding carboxylic acids is 1. The van der Waals surface area contributed by atoms with Gasteiger partial charge in [-0.25, -0.2) is 0 Å². The van der Waals surface area contributed by atoms with Gasteiger partial charge < -0.3 is 18.8 Å². The Hall–Kier alpha value is -2.22. The van der Waals surface area contributed by atoms with Crippen LogP contribution in [0, 0.1) is 6.92 Å². The van der Waals surface area contributed by atoms with Crippen molar-refractivity contribution in [2.45, 2.75) is 51.9 Å². The van der Waals surface area contributed by atoms with Crippen LogP contribution in [0.5, 0.6) is 0 Å². The number of aromatic nitrogens is 1. The van der Waals surface area contributed by atoms with E-state index in [0.717, 1.165) is 41.0 Å². The highest BCUT2D eigenvalue weighted by Crippen LogP contribution is 2.27. The van der Waals surface area contributed by atoms with Crippen molar-refractivity contribution < 1.29 is 19.1 Å². The van der Waals surface area contributed by atoms with Crippen LogP contribution < -0.4 is 4.80 Å². The lowest BCUT2D eigenvalue weighted by Gasteiger charge is -2.17. The average Bonchev–Trinajstić information content (AvgIpc) is 3.37. The van der Waals surface area contributed by atoms with Crippen molar-refractivity contribution in [1.82, 2.24) is 4.57 Å². The standard InChI is InChI=1S/C21H24N2O4S/c1-13-18(21(2,3)25)28-20(23(13)12-16-5-4-9-26-16)22-19(24)15-6-7-17-14(11-15)8-10-27-17/h6-8,10-11,16,25H,4-5,9,12H2,1-3H3/t16-/m1/s1. The molecule has 0 radical (unpaired) electrons. The number of nitrogens with zero attached hydrogens (tertiary/aromatic N) is 2. The molecular formula is C21H24N2O4S. The van der Waals surface area contributed by atoms with E-state index in [2.05, 4.69) is 4.99 Å². The highest BCUT2D eigenvalue weighted by atomic mass is 32.1.